The second-order valence-electron chi connectivity index (χ2n) is 11.4. The number of carboxylic acid groups (broad SMARTS) is 1. The number of nitrogens with zero attached hydrogens (tertiary/aromatic N) is 3. The number of carboxylic acids is 1. The van der Waals surface area contributed by atoms with Crippen molar-refractivity contribution in [1.29, 1.82) is 0 Å². The highest BCUT2D eigenvalue weighted by Gasteiger charge is 2.50. The maximum absolute atomic E-state index is 12.0. The Morgan fingerprint density at radius 2 is 1.64 bits per heavy atom. The number of rotatable bonds is 11. The van der Waals surface area contributed by atoms with Crippen molar-refractivity contribution in [3.63, 3.8) is 0 Å². The molecule has 1 heterocycles. The van der Waals surface area contributed by atoms with Gasteiger partial charge < -0.3 is 25.6 Å². The smallest absolute Gasteiger partial charge is 0.322 e. The van der Waals surface area contributed by atoms with E-state index in [0.717, 1.165) is 22.5 Å². The van der Waals surface area contributed by atoms with Crippen LogP contribution >= 0.6 is 23.2 Å². The van der Waals surface area contributed by atoms with Gasteiger partial charge in [0.05, 0.1) is 17.1 Å². The lowest BCUT2D eigenvalue weighted by Crippen LogP contribution is -2.76. The van der Waals surface area contributed by atoms with Crippen molar-refractivity contribution < 1.29 is 14.7 Å². The number of amides is 1. The Balaban J connectivity index is 2.45. The van der Waals surface area contributed by atoms with Crippen LogP contribution in [0.2, 0.25) is 0 Å². The summed E-state index contributed by atoms with van der Waals surface area (Å²) < 4.78 is 0.834. The second kappa shape index (κ2) is 10.7. The highest BCUT2D eigenvalue weighted by atomic mass is 35.5. The molecule has 0 spiro atoms. The fourth-order valence-corrected chi connectivity index (χ4v) is 4.36. The van der Waals surface area contributed by atoms with Crippen molar-refractivity contribution in [2.45, 2.75) is 38.9 Å². The van der Waals surface area contributed by atoms with Crippen molar-refractivity contribution in [2.75, 3.05) is 11.4 Å². The molecule has 0 aliphatic heterocycles. The maximum atomic E-state index is 12.0. The number of fused-ring (bicyclic) bond motifs is 1. The summed E-state index contributed by atoms with van der Waals surface area (Å²) in [6.45, 7) is -0.455. The molecule has 0 aliphatic carbocycles. The molecular weight excluding hydrogens is 492 g/mol. The largest absolute Gasteiger partial charge is 0.480 e. The Morgan fingerprint density at radius 1 is 1.11 bits per heavy atom. The molecule has 0 fully saturated rings. The third-order valence-corrected chi connectivity index (χ3v) is 8.60. The number of benzene rings is 1. The number of hydrogen-bond donors (Lipinski definition) is 3. The van der Waals surface area contributed by atoms with E-state index in [-0.39, 0.29) is 0 Å². The minimum Gasteiger partial charge on any atom is -0.480 e. The molecule has 0 aliphatic rings. The van der Waals surface area contributed by atoms with E-state index < -0.39 is 44.5 Å². The Hall–Kier alpha value is -1.51. The topological polar surface area (TPSA) is 113 Å². The third-order valence-electron chi connectivity index (χ3n) is 7.67. The predicted molar refractivity (Wildman–Crippen MR) is 171 cm³/mol. The zero-order valence-corrected chi connectivity index (χ0v) is 24.4. The van der Waals surface area contributed by atoms with Gasteiger partial charge in [-0.3, -0.25) is 9.59 Å². The standard InChI is InChI=1S/C18H33B8Cl2N5O3/c1-32-11-4-2-8(33(17(23,24)15(19,20)27)18(25,26)16(21,22)28)6-10(11)31-12(32)5-3-9(29)14(36)30-7-13(34)35/h2,4,6,9H,3,5,7,19-26,29H2,1H3,(H,30,36)(H,34,35). The molecular formula is C18H33B8Cl2N5O3. The summed E-state index contributed by atoms with van der Waals surface area (Å²) in [7, 11) is 18.4. The Labute approximate surface area is 230 Å². The molecule has 1 amide bonds. The summed E-state index contributed by atoms with van der Waals surface area (Å²) in [6.07, 6.45) is 0.800. The minimum absolute atomic E-state index is 0.336. The predicted octanol–water partition coefficient (Wildman–Crippen LogP) is -7.00. The number of anilines is 1. The lowest BCUT2D eigenvalue weighted by Gasteiger charge is -2.60. The van der Waals surface area contributed by atoms with Gasteiger partial charge in [0.1, 0.15) is 75.1 Å². The molecule has 0 saturated carbocycles. The Morgan fingerprint density at radius 3 is 2.11 bits per heavy atom. The summed E-state index contributed by atoms with van der Waals surface area (Å²) >= 11 is 13.9. The van der Waals surface area contributed by atoms with Gasteiger partial charge in [-0.15, -0.1) is 23.2 Å². The van der Waals surface area contributed by atoms with Crippen LogP contribution in [0.5, 0.6) is 0 Å². The molecule has 186 valence electrons. The van der Waals surface area contributed by atoms with Gasteiger partial charge in [0.2, 0.25) is 5.91 Å². The van der Waals surface area contributed by atoms with Crippen molar-refractivity contribution in [3.05, 3.63) is 24.0 Å². The molecule has 0 radical (unpaired) electrons. The van der Waals surface area contributed by atoms with E-state index in [1.807, 2.05) is 55.1 Å². The fourth-order valence-electron chi connectivity index (χ4n) is 4.19. The average Bonchev–Trinajstić information content (AvgIpc) is 3.03. The molecule has 1 aromatic carbocycles. The average molecular weight is 525 g/mol. The number of halogens is 2. The Bertz CT molecular complexity index is 1110. The maximum Gasteiger partial charge on any atom is 0.322 e. The van der Waals surface area contributed by atoms with Crippen LogP contribution in [0.3, 0.4) is 0 Å². The molecule has 1 aromatic heterocycles. The number of imidazole rings is 1. The first-order chi connectivity index (χ1) is 16.2. The number of aryl methyl sites for hydroxylation is 2. The van der Waals surface area contributed by atoms with Crippen LogP contribution in [0, 0.1) is 0 Å². The monoisotopic (exact) mass is 525 g/mol. The van der Waals surface area contributed by atoms with E-state index in [2.05, 4.69) is 47.7 Å². The van der Waals surface area contributed by atoms with Gasteiger partial charge in [-0.1, -0.05) is 0 Å². The van der Waals surface area contributed by atoms with E-state index in [0.29, 0.717) is 12.8 Å². The van der Waals surface area contributed by atoms with Crippen LogP contribution in [0.15, 0.2) is 18.2 Å². The number of nitrogens with two attached hydrogens (primary N) is 1. The minimum atomic E-state index is -1.11. The SMILES string of the molecule is BC(B)(Cl)C(B)(B)N(c1ccc2c(c1)nc(CCC(N)C(=O)NCC(=O)O)n2C)C(B)(B)C(B)(B)Cl. The molecule has 0 bridgehead atoms. The van der Waals surface area contributed by atoms with Gasteiger partial charge in [0, 0.05) is 19.2 Å². The van der Waals surface area contributed by atoms with E-state index >= 15 is 0 Å². The highest BCUT2D eigenvalue weighted by molar-refractivity contribution is 6.73. The van der Waals surface area contributed by atoms with E-state index in [4.69, 9.17) is 39.0 Å². The van der Waals surface area contributed by atoms with Crippen LogP contribution < -0.4 is 16.0 Å². The van der Waals surface area contributed by atoms with Gasteiger partial charge in [-0.2, -0.15) is 0 Å². The number of hydrogen-bond acceptors (Lipinski definition) is 5. The number of aromatic nitrogens is 2. The van der Waals surface area contributed by atoms with Gasteiger partial charge in [0.15, 0.2) is 0 Å². The van der Waals surface area contributed by atoms with Crippen LogP contribution in [0.4, 0.5) is 5.69 Å². The lowest BCUT2D eigenvalue weighted by molar-refractivity contribution is -0.138. The molecule has 1 atom stereocenters. The van der Waals surface area contributed by atoms with Gasteiger partial charge in [0.25, 0.3) is 0 Å². The summed E-state index contributed by atoms with van der Waals surface area (Å²) in [6, 6.07) is 5.32. The van der Waals surface area contributed by atoms with Crippen LogP contribution in [-0.2, 0) is 23.1 Å². The molecule has 2 rings (SSSR count). The number of alkyl halides is 2. The quantitative estimate of drug-likeness (QED) is 0.199. The summed E-state index contributed by atoms with van der Waals surface area (Å²) in [5, 5.41) is 10.1. The molecule has 1 unspecified atom stereocenters. The number of carbonyl (C=O) groups is 2. The van der Waals surface area contributed by atoms with Crippen LogP contribution in [0.25, 0.3) is 11.0 Å². The first kappa shape index (κ1) is 30.7. The highest BCUT2D eigenvalue weighted by Crippen LogP contribution is 2.39. The lowest BCUT2D eigenvalue weighted by atomic mass is 9.36. The van der Waals surface area contributed by atoms with Crippen LogP contribution in [-0.4, -0.2) is 122 Å². The molecule has 36 heavy (non-hydrogen) atoms. The molecule has 4 N–H and O–H groups in total. The molecule has 0 saturated heterocycles. The van der Waals surface area contributed by atoms with Gasteiger partial charge in [-0.05, 0) is 44.6 Å². The van der Waals surface area contributed by atoms with Crippen LogP contribution in [0.1, 0.15) is 12.2 Å². The molecule has 2 aromatic rings. The number of nitrogens with one attached hydrogen (secondary N) is 1. The summed E-state index contributed by atoms with van der Waals surface area (Å²) in [5.41, 5.74) is 8.67. The van der Waals surface area contributed by atoms with E-state index in [9.17, 15) is 9.59 Å². The van der Waals surface area contributed by atoms with Crippen molar-refractivity contribution in [2.24, 2.45) is 12.8 Å². The normalized spacial score (nSPS) is 13.9. The third kappa shape index (κ3) is 6.30. The molecule has 8 nitrogen and oxygen atoms in total. The van der Waals surface area contributed by atoms with Gasteiger partial charge >= 0.3 is 5.97 Å². The molecule has 18 heteroatoms. The van der Waals surface area contributed by atoms with E-state index in [1.165, 1.54) is 0 Å². The van der Waals surface area contributed by atoms with Crippen molar-refractivity contribution in [3.8, 4) is 0 Å². The Kier molecular flexibility index (Phi) is 9.12. The van der Waals surface area contributed by atoms with Gasteiger partial charge in [-0.25, -0.2) is 4.98 Å². The summed E-state index contributed by atoms with van der Waals surface area (Å²) in [4.78, 5) is 29.8. The zero-order chi connectivity index (χ0) is 27.9. The zero-order valence-electron chi connectivity index (χ0n) is 22.9. The van der Waals surface area contributed by atoms with E-state index in [1.54, 1.807) is 0 Å². The first-order valence-corrected chi connectivity index (χ1v) is 12.9. The van der Waals surface area contributed by atoms with Crippen molar-refractivity contribution in [1.82, 2.24) is 14.9 Å². The fraction of sp³-hybridized carbons (Fsp3) is 0.500. The second-order valence-corrected chi connectivity index (χ2v) is 13.3. The number of aliphatic carboxylic acids is 1. The summed E-state index contributed by atoms with van der Waals surface area (Å²) in [5.74, 6) is -0.827. The number of carbonyl (C=O) groups excluding carboxylic acids is 1. The first-order valence-electron chi connectivity index (χ1n) is 12.1. The van der Waals surface area contributed by atoms with Crippen molar-refractivity contribution >= 4 is 115 Å².